The molecule has 1 aliphatic heterocycles. The first-order valence-corrected chi connectivity index (χ1v) is 31.2. The molecule has 5 nitrogen and oxygen atoms in total. The van der Waals surface area contributed by atoms with Crippen molar-refractivity contribution in [3.8, 4) is 33.7 Å². The highest BCUT2D eigenvalue weighted by Gasteiger charge is 2.53. The van der Waals surface area contributed by atoms with Crippen LogP contribution in [0.25, 0.3) is 93.2 Å². The highest BCUT2D eigenvalue weighted by Crippen LogP contribution is 2.66. The quantitative estimate of drug-likeness (QED) is 0.156. The highest BCUT2D eigenvalue weighted by molar-refractivity contribution is 6.21. The number of furan rings is 1. The molecule has 3 heterocycles. The number of anilines is 5. The number of aromatic nitrogens is 1. The lowest BCUT2D eigenvalue weighted by atomic mass is 9.65. The number of aryl methyl sites for hydroxylation is 3. The molecule has 2 atom stereocenters. The van der Waals surface area contributed by atoms with E-state index in [-0.39, 0.29) is 5.41 Å². The Hall–Kier alpha value is -10.4. The summed E-state index contributed by atoms with van der Waals surface area (Å²) in [4.78, 5) is 5.04. The number of hydrogen-bond acceptors (Lipinski definition) is 4. The number of aromatic hydroxyl groups is 1. The molecule has 424 valence electrons. The van der Waals surface area contributed by atoms with Crippen LogP contribution in [0.5, 0.6) is 5.75 Å². The lowest BCUT2D eigenvalue weighted by molar-refractivity contribution is 0.411. The standard InChI is InChI=1S/C83H65N3O2/c1-7-53-40-42-54(43-41-53)84(70-38-20-29-56(52(70)5)63-31-17-22-50(3)79(63)87)74-48-68-76(60-27-11-9-24-57(60)74)77-61-28-12-10-25-58(61)75(85(55-44-46-82(6,8-2)47-45-55)73-39-21-33-65-64-32-18-23-51(4)80(64)88-81(65)73)49-69(77)83(68)66-34-14-16-37-72(66)86-71-36-15-13-26-59(71)62-30-19-35-67(83)78(62)86/h9-46,48-49,87H,7-8,47H2,1-6H3. The Kier molecular flexibility index (Phi) is 11.4. The van der Waals surface area contributed by atoms with Crippen LogP contribution in [0.1, 0.15) is 78.1 Å². The van der Waals surface area contributed by atoms with Crippen molar-refractivity contribution in [3.05, 3.63) is 293 Å². The van der Waals surface area contributed by atoms with Crippen LogP contribution in [0.3, 0.4) is 0 Å². The van der Waals surface area contributed by atoms with Crippen molar-refractivity contribution < 1.29 is 9.52 Å². The van der Waals surface area contributed by atoms with E-state index < -0.39 is 5.41 Å². The van der Waals surface area contributed by atoms with Crippen LogP contribution in [-0.4, -0.2) is 9.67 Å². The van der Waals surface area contributed by atoms with E-state index in [0.29, 0.717) is 5.75 Å². The Balaban J connectivity index is 1.04. The molecule has 1 spiro atoms. The minimum Gasteiger partial charge on any atom is -0.507 e. The third-order valence-electron chi connectivity index (χ3n) is 20.4. The van der Waals surface area contributed by atoms with Gasteiger partial charge in [-0.2, -0.15) is 0 Å². The topological polar surface area (TPSA) is 44.8 Å². The second-order valence-corrected chi connectivity index (χ2v) is 25.0. The molecule has 2 aliphatic carbocycles. The normalized spacial score (nSPS) is 16.5. The van der Waals surface area contributed by atoms with E-state index in [2.05, 4.69) is 273 Å². The number of phenolic OH excluding ortho intramolecular Hbond substituents is 1. The molecule has 0 amide bonds. The van der Waals surface area contributed by atoms with Gasteiger partial charge in [-0.15, -0.1) is 0 Å². The van der Waals surface area contributed by atoms with Crippen molar-refractivity contribution in [2.24, 2.45) is 5.41 Å². The number of hydrogen-bond donors (Lipinski definition) is 1. The maximum Gasteiger partial charge on any atom is 0.159 e. The van der Waals surface area contributed by atoms with Crippen molar-refractivity contribution in [2.45, 2.75) is 66.2 Å². The van der Waals surface area contributed by atoms with E-state index in [1.807, 2.05) is 25.1 Å². The van der Waals surface area contributed by atoms with Gasteiger partial charge < -0.3 is 23.9 Å². The van der Waals surface area contributed by atoms with Crippen LogP contribution >= 0.6 is 0 Å². The predicted octanol–water partition coefficient (Wildman–Crippen LogP) is 22.4. The molecule has 5 heteroatoms. The molecule has 14 aromatic rings. The Morgan fingerprint density at radius 3 is 1.77 bits per heavy atom. The van der Waals surface area contributed by atoms with Gasteiger partial charge in [0, 0.05) is 55.0 Å². The summed E-state index contributed by atoms with van der Waals surface area (Å²) in [6, 6.07) is 83.8. The van der Waals surface area contributed by atoms with Crippen molar-refractivity contribution in [2.75, 3.05) is 9.80 Å². The summed E-state index contributed by atoms with van der Waals surface area (Å²) in [6.07, 6.45) is 10.2. The number of allylic oxidation sites excluding steroid dienone is 3. The maximum atomic E-state index is 11.8. The van der Waals surface area contributed by atoms with Gasteiger partial charge in [-0.05, 0) is 172 Å². The molecular formula is C83H65N3O2. The van der Waals surface area contributed by atoms with E-state index in [4.69, 9.17) is 4.42 Å². The zero-order chi connectivity index (χ0) is 59.3. The average molecular weight is 1140 g/mol. The molecule has 3 aliphatic rings. The third kappa shape index (κ3) is 7.16. The molecule has 0 saturated carbocycles. The van der Waals surface area contributed by atoms with Gasteiger partial charge in [0.15, 0.2) is 5.58 Å². The number of phenols is 1. The zero-order valence-electron chi connectivity index (χ0n) is 50.4. The van der Waals surface area contributed by atoms with Gasteiger partial charge in [0.1, 0.15) is 11.3 Å². The lowest BCUT2D eigenvalue weighted by Crippen LogP contribution is -2.34. The van der Waals surface area contributed by atoms with Crippen LogP contribution in [-0.2, 0) is 11.8 Å². The van der Waals surface area contributed by atoms with Gasteiger partial charge >= 0.3 is 0 Å². The van der Waals surface area contributed by atoms with Crippen LogP contribution in [0.15, 0.2) is 253 Å². The first kappa shape index (κ1) is 52.0. The molecule has 0 saturated heterocycles. The minimum atomic E-state index is -0.879. The fourth-order valence-corrected chi connectivity index (χ4v) is 15.7. The molecule has 0 bridgehead atoms. The molecule has 88 heavy (non-hydrogen) atoms. The fraction of sp³-hybridized carbons (Fsp3) is 0.133. The Morgan fingerprint density at radius 1 is 0.489 bits per heavy atom. The van der Waals surface area contributed by atoms with Gasteiger partial charge in [0.25, 0.3) is 0 Å². The van der Waals surface area contributed by atoms with E-state index in [0.717, 1.165) is 114 Å². The minimum absolute atomic E-state index is 0.0270. The average Bonchev–Trinajstić information content (AvgIpc) is 1.47. The second kappa shape index (κ2) is 19.3. The number of nitrogens with zero attached hydrogens (tertiary/aromatic N) is 3. The summed E-state index contributed by atoms with van der Waals surface area (Å²) >= 11 is 0. The number of fused-ring (bicyclic) bond motifs is 19. The molecule has 12 aromatic carbocycles. The number of benzene rings is 12. The zero-order valence-corrected chi connectivity index (χ0v) is 50.4. The first-order chi connectivity index (χ1) is 43.1. The van der Waals surface area contributed by atoms with Crippen LogP contribution in [0, 0.1) is 26.2 Å². The summed E-state index contributed by atoms with van der Waals surface area (Å²) in [5.41, 5.74) is 24.4. The van der Waals surface area contributed by atoms with Crippen molar-refractivity contribution in [1.82, 2.24) is 4.57 Å². The van der Waals surface area contributed by atoms with Crippen LogP contribution in [0.2, 0.25) is 0 Å². The first-order valence-electron chi connectivity index (χ1n) is 31.2. The monoisotopic (exact) mass is 1140 g/mol. The van der Waals surface area contributed by atoms with Crippen molar-refractivity contribution in [3.63, 3.8) is 0 Å². The molecule has 2 unspecified atom stereocenters. The molecule has 1 N–H and O–H groups in total. The second-order valence-electron chi connectivity index (χ2n) is 25.0. The summed E-state index contributed by atoms with van der Waals surface area (Å²) in [5.74, 6) is 0.302. The highest BCUT2D eigenvalue weighted by atomic mass is 16.3. The summed E-state index contributed by atoms with van der Waals surface area (Å²) in [7, 11) is 0. The molecular weight excluding hydrogens is 1070 g/mol. The van der Waals surface area contributed by atoms with Crippen LogP contribution in [0.4, 0.5) is 28.4 Å². The Morgan fingerprint density at radius 2 is 1.06 bits per heavy atom. The van der Waals surface area contributed by atoms with Gasteiger partial charge in [0.2, 0.25) is 0 Å². The van der Waals surface area contributed by atoms with Crippen LogP contribution < -0.4 is 9.80 Å². The Labute approximate surface area is 513 Å². The molecule has 0 radical (unpaired) electrons. The summed E-state index contributed by atoms with van der Waals surface area (Å²) in [5, 5.41) is 21.1. The summed E-state index contributed by atoms with van der Waals surface area (Å²) in [6.45, 7) is 13.3. The third-order valence-corrected chi connectivity index (χ3v) is 20.4. The maximum absolute atomic E-state index is 11.8. The van der Waals surface area contributed by atoms with Crippen molar-refractivity contribution >= 4 is 93.7 Å². The predicted molar refractivity (Wildman–Crippen MR) is 368 cm³/mol. The van der Waals surface area contributed by atoms with E-state index >= 15 is 0 Å². The van der Waals surface area contributed by atoms with Gasteiger partial charge in [-0.3, -0.25) is 0 Å². The molecule has 2 aromatic heterocycles. The molecule has 0 fully saturated rings. The molecule has 17 rings (SSSR count). The van der Waals surface area contributed by atoms with E-state index in [1.165, 1.54) is 77.2 Å². The fourth-order valence-electron chi connectivity index (χ4n) is 15.7. The largest absolute Gasteiger partial charge is 0.507 e. The van der Waals surface area contributed by atoms with Gasteiger partial charge in [-0.1, -0.05) is 209 Å². The van der Waals surface area contributed by atoms with Crippen molar-refractivity contribution in [1.29, 1.82) is 0 Å². The van der Waals surface area contributed by atoms with E-state index in [9.17, 15) is 5.11 Å². The SMILES string of the molecule is CCc1ccc(N(c2cccc(-c3cccc(C)c3O)c2C)c2cc3c(c4ccccc24)-c2c(cc(N(C4=CCC(C)(CC)C=C4)c4cccc5c4oc4c(C)cccc45)c4ccccc24)C32c3ccccc3-n3c4ccccc4c4cccc2c43)cc1. The number of para-hydroxylation sites is 6. The smallest absolute Gasteiger partial charge is 0.159 e. The van der Waals surface area contributed by atoms with Gasteiger partial charge in [-0.25, -0.2) is 0 Å². The van der Waals surface area contributed by atoms with E-state index in [1.54, 1.807) is 0 Å². The van der Waals surface area contributed by atoms with Gasteiger partial charge in [0.05, 0.1) is 39.2 Å². The Bertz CT molecular complexity index is 5360. The lowest BCUT2D eigenvalue weighted by Gasteiger charge is -2.41. The summed E-state index contributed by atoms with van der Waals surface area (Å²) < 4.78 is 9.75. The number of rotatable bonds is 9.